The Balaban J connectivity index is 1.80. The van der Waals surface area contributed by atoms with Crippen LogP contribution in [0.1, 0.15) is 28.4 Å². The second-order valence-electron chi connectivity index (χ2n) is 6.36. The van der Waals surface area contributed by atoms with E-state index in [1.54, 1.807) is 25.2 Å². The van der Waals surface area contributed by atoms with Crippen molar-refractivity contribution in [2.75, 3.05) is 13.6 Å². The Labute approximate surface area is 159 Å². The smallest absolute Gasteiger partial charge is 0.326 e. The van der Waals surface area contributed by atoms with Gasteiger partial charge in [-0.05, 0) is 31.5 Å². The summed E-state index contributed by atoms with van der Waals surface area (Å²) in [5, 5.41) is 2.50. The van der Waals surface area contributed by atoms with Crippen molar-refractivity contribution in [2.24, 2.45) is 0 Å². The summed E-state index contributed by atoms with van der Waals surface area (Å²) in [4.78, 5) is 37.8. The Hall–Kier alpha value is -3.15. The highest BCUT2D eigenvalue weighted by molar-refractivity contribution is 5.96. The first kappa shape index (κ1) is 20.2. The van der Waals surface area contributed by atoms with Gasteiger partial charge in [0.2, 0.25) is 0 Å². The average Bonchev–Trinajstić information content (AvgIpc) is 2.66. The number of nitrogens with zero attached hydrogens (tertiary/aromatic N) is 1. The van der Waals surface area contributed by atoms with Gasteiger partial charge in [-0.1, -0.05) is 48.0 Å². The third kappa shape index (κ3) is 6.26. The standard InChI is InChI=1S/C21H24N2O4/c1-15-8-7-11-18(12-15)20(25)22-13-19(24)27-16(2)21(26)23(3)14-17-9-5-4-6-10-17/h4-12,16H,13-14H2,1-3H3,(H,22,25)/t16-/m0/s1. The Kier molecular flexibility index (Phi) is 7.11. The number of carbonyl (C=O) groups is 3. The lowest BCUT2D eigenvalue weighted by Gasteiger charge is -2.21. The molecule has 0 aliphatic rings. The first-order chi connectivity index (χ1) is 12.9. The Morgan fingerprint density at radius 2 is 1.78 bits per heavy atom. The van der Waals surface area contributed by atoms with Gasteiger partial charge in [-0.3, -0.25) is 14.4 Å². The summed E-state index contributed by atoms with van der Waals surface area (Å²) in [5.41, 5.74) is 2.40. The number of hydrogen-bond acceptors (Lipinski definition) is 4. The number of rotatable bonds is 7. The van der Waals surface area contributed by atoms with Gasteiger partial charge in [0.05, 0.1) is 0 Å². The monoisotopic (exact) mass is 368 g/mol. The summed E-state index contributed by atoms with van der Waals surface area (Å²) in [7, 11) is 1.65. The first-order valence-corrected chi connectivity index (χ1v) is 8.70. The van der Waals surface area contributed by atoms with Crippen LogP contribution in [-0.4, -0.2) is 42.4 Å². The van der Waals surface area contributed by atoms with Crippen LogP contribution in [0.4, 0.5) is 0 Å². The summed E-state index contributed by atoms with van der Waals surface area (Å²) in [6, 6.07) is 16.6. The van der Waals surface area contributed by atoms with Gasteiger partial charge in [-0.15, -0.1) is 0 Å². The zero-order valence-corrected chi connectivity index (χ0v) is 15.8. The predicted molar refractivity (Wildman–Crippen MR) is 102 cm³/mol. The van der Waals surface area contributed by atoms with E-state index < -0.39 is 12.1 Å². The van der Waals surface area contributed by atoms with Gasteiger partial charge in [0.25, 0.3) is 11.8 Å². The number of benzene rings is 2. The number of amides is 2. The zero-order chi connectivity index (χ0) is 19.8. The van der Waals surface area contributed by atoms with Gasteiger partial charge < -0.3 is 15.0 Å². The van der Waals surface area contributed by atoms with Gasteiger partial charge in [-0.2, -0.15) is 0 Å². The fraction of sp³-hybridized carbons (Fsp3) is 0.286. The van der Waals surface area contributed by atoms with Crippen LogP contribution in [0.3, 0.4) is 0 Å². The minimum atomic E-state index is -0.929. The Morgan fingerprint density at radius 1 is 1.07 bits per heavy atom. The molecular weight excluding hydrogens is 344 g/mol. The van der Waals surface area contributed by atoms with Gasteiger partial charge in [-0.25, -0.2) is 0 Å². The predicted octanol–water partition coefficient (Wildman–Crippen LogP) is 2.32. The van der Waals surface area contributed by atoms with Gasteiger partial charge in [0, 0.05) is 19.2 Å². The minimum Gasteiger partial charge on any atom is -0.451 e. The molecule has 0 saturated carbocycles. The van der Waals surface area contributed by atoms with Crippen LogP contribution in [0.5, 0.6) is 0 Å². The quantitative estimate of drug-likeness (QED) is 0.761. The molecule has 0 heterocycles. The van der Waals surface area contributed by atoms with Crippen LogP contribution < -0.4 is 5.32 Å². The van der Waals surface area contributed by atoms with Crippen molar-refractivity contribution in [3.05, 3.63) is 71.3 Å². The molecule has 0 radical (unpaired) electrons. The molecule has 0 aromatic heterocycles. The molecule has 27 heavy (non-hydrogen) atoms. The zero-order valence-electron chi connectivity index (χ0n) is 15.8. The normalized spacial score (nSPS) is 11.4. The molecule has 0 unspecified atom stereocenters. The van der Waals surface area contributed by atoms with E-state index in [0.717, 1.165) is 11.1 Å². The largest absolute Gasteiger partial charge is 0.451 e. The molecule has 0 aliphatic carbocycles. The van der Waals surface area contributed by atoms with E-state index in [9.17, 15) is 14.4 Å². The van der Waals surface area contributed by atoms with E-state index in [1.807, 2.05) is 43.3 Å². The number of aryl methyl sites for hydroxylation is 1. The summed E-state index contributed by atoms with van der Waals surface area (Å²) in [6.07, 6.45) is -0.929. The first-order valence-electron chi connectivity index (χ1n) is 8.70. The lowest BCUT2D eigenvalue weighted by molar-refractivity contribution is -0.157. The summed E-state index contributed by atoms with van der Waals surface area (Å²) >= 11 is 0. The highest BCUT2D eigenvalue weighted by atomic mass is 16.5. The number of hydrogen-bond donors (Lipinski definition) is 1. The number of nitrogens with one attached hydrogen (secondary N) is 1. The highest BCUT2D eigenvalue weighted by Crippen LogP contribution is 2.06. The molecular formula is C21H24N2O4. The van der Waals surface area contributed by atoms with Crippen LogP contribution >= 0.6 is 0 Å². The molecule has 0 bridgehead atoms. The molecule has 0 fully saturated rings. The fourth-order valence-electron chi connectivity index (χ4n) is 2.58. The topological polar surface area (TPSA) is 75.7 Å². The molecule has 2 aromatic rings. The van der Waals surface area contributed by atoms with Crippen molar-refractivity contribution < 1.29 is 19.1 Å². The Bertz CT molecular complexity index is 805. The van der Waals surface area contributed by atoms with Crippen LogP contribution in [0.2, 0.25) is 0 Å². The third-order valence-corrected chi connectivity index (χ3v) is 3.97. The molecule has 0 aliphatic heterocycles. The number of likely N-dealkylation sites (N-methyl/N-ethyl adjacent to an activating group) is 1. The summed E-state index contributed by atoms with van der Waals surface area (Å²) in [5.74, 6) is -1.34. The average molecular weight is 368 g/mol. The van der Waals surface area contributed by atoms with E-state index in [2.05, 4.69) is 5.32 Å². The lowest BCUT2D eigenvalue weighted by atomic mass is 10.1. The number of carbonyl (C=O) groups excluding carboxylic acids is 3. The highest BCUT2D eigenvalue weighted by Gasteiger charge is 2.22. The minimum absolute atomic E-state index is 0.299. The van der Waals surface area contributed by atoms with Crippen molar-refractivity contribution >= 4 is 17.8 Å². The molecule has 0 spiro atoms. The number of esters is 1. The van der Waals surface area contributed by atoms with Crippen molar-refractivity contribution in [3.63, 3.8) is 0 Å². The molecule has 1 N–H and O–H groups in total. The summed E-state index contributed by atoms with van der Waals surface area (Å²) in [6.45, 7) is 3.52. The van der Waals surface area contributed by atoms with Gasteiger partial charge in [0.1, 0.15) is 6.54 Å². The molecule has 2 rings (SSSR count). The van der Waals surface area contributed by atoms with Crippen molar-refractivity contribution in [3.8, 4) is 0 Å². The maximum atomic E-state index is 12.3. The maximum Gasteiger partial charge on any atom is 0.326 e. The van der Waals surface area contributed by atoms with E-state index in [4.69, 9.17) is 4.74 Å². The van der Waals surface area contributed by atoms with Gasteiger partial charge >= 0.3 is 5.97 Å². The molecule has 2 aromatic carbocycles. The van der Waals surface area contributed by atoms with Crippen molar-refractivity contribution in [1.29, 1.82) is 0 Å². The van der Waals surface area contributed by atoms with Crippen molar-refractivity contribution in [1.82, 2.24) is 10.2 Å². The fourth-order valence-corrected chi connectivity index (χ4v) is 2.58. The number of ether oxygens (including phenoxy) is 1. The maximum absolute atomic E-state index is 12.3. The van der Waals surface area contributed by atoms with E-state index >= 15 is 0 Å². The molecule has 2 amide bonds. The SMILES string of the molecule is Cc1cccc(C(=O)NCC(=O)O[C@@H](C)C(=O)N(C)Cc2ccccc2)c1. The summed E-state index contributed by atoms with van der Waals surface area (Å²) < 4.78 is 5.14. The van der Waals surface area contributed by atoms with Gasteiger partial charge in [0.15, 0.2) is 6.10 Å². The van der Waals surface area contributed by atoms with E-state index in [-0.39, 0.29) is 18.4 Å². The molecule has 6 nitrogen and oxygen atoms in total. The van der Waals surface area contributed by atoms with E-state index in [1.165, 1.54) is 11.8 Å². The van der Waals surface area contributed by atoms with Crippen LogP contribution in [-0.2, 0) is 20.9 Å². The van der Waals surface area contributed by atoms with Crippen LogP contribution in [0, 0.1) is 6.92 Å². The second kappa shape index (κ2) is 9.52. The van der Waals surface area contributed by atoms with E-state index in [0.29, 0.717) is 12.1 Å². The Morgan fingerprint density at radius 3 is 2.44 bits per heavy atom. The second-order valence-corrected chi connectivity index (χ2v) is 6.36. The van der Waals surface area contributed by atoms with Crippen LogP contribution in [0.25, 0.3) is 0 Å². The lowest BCUT2D eigenvalue weighted by Crippen LogP contribution is -2.39. The van der Waals surface area contributed by atoms with Crippen molar-refractivity contribution in [2.45, 2.75) is 26.5 Å². The van der Waals surface area contributed by atoms with Crippen LogP contribution in [0.15, 0.2) is 54.6 Å². The molecule has 142 valence electrons. The third-order valence-electron chi connectivity index (χ3n) is 3.97. The molecule has 0 saturated heterocycles. The molecule has 6 heteroatoms. The molecule has 1 atom stereocenters.